The molecule has 0 saturated carbocycles. The Hall–Kier alpha value is -3.02. The van der Waals surface area contributed by atoms with E-state index in [0.29, 0.717) is 16.8 Å². The van der Waals surface area contributed by atoms with Crippen molar-refractivity contribution in [1.82, 2.24) is 0 Å². The van der Waals surface area contributed by atoms with Crippen molar-refractivity contribution in [3.8, 4) is 5.75 Å². The van der Waals surface area contributed by atoms with Gasteiger partial charge in [-0.05, 0) is 48.9 Å². The summed E-state index contributed by atoms with van der Waals surface area (Å²) in [5, 5.41) is 20.8. The number of nitrogens with one attached hydrogen (secondary N) is 1. The molecule has 0 heterocycles. The lowest BCUT2D eigenvalue weighted by Crippen LogP contribution is -2.14. The normalized spacial score (nSPS) is 10.1. The maximum atomic E-state index is 12.2. The van der Waals surface area contributed by atoms with E-state index in [2.05, 4.69) is 5.32 Å². The summed E-state index contributed by atoms with van der Waals surface area (Å²) in [6, 6.07) is 8.47. The molecule has 1 amide bonds. The Morgan fingerprint density at radius 2 is 1.86 bits per heavy atom. The van der Waals surface area contributed by atoms with Gasteiger partial charge in [0.05, 0.1) is 16.9 Å². The van der Waals surface area contributed by atoms with Gasteiger partial charge in [-0.3, -0.25) is 4.79 Å². The minimum atomic E-state index is -1.09. The molecule has 0 radical (unpaired) electrons. The molecule has 0 aliphatic carbocycles. The van der Waals surface area contributed by atoms with Gasteiger partial charge in [-0.25, -0.2) is 4.79 Å². The number of benzene rings is 2. The Kier molecular flexibility index (Phi) is 3.80. The number of carbonyl (C=O) groups excluding carboxylic acids is 1. The van der Waals surface area contributed by atoms with Gasteiger partial charge in [0.1, 0.15) is 5.75 Å². The average molecular weight is 286 g/mol. The van der Waals surface area contributed by atoms with Crippen molar-refractivity contribution in [2.75, 3.05) is 11.1 Å². The van der Waals surface area contributed by atoms with Gasteiger partial charge in [0.25, 0.3) is 5.91 Å². The lowest BCUT2D eigenvalue weighted by Gasteiger charge is -2.10. The first-order valence-electron chi connectivity index (χ1n) is 6.12. The van der Waals surface area contributed by atoms with Crippen LogP contribution in [0.5, 0.6) is 5.75 Å². The molecule has 0 bridgehead atoms. The van der Waals surface area contributed by atoms with Crippen LogP contribution in [0.2, 0.25) is 0 Å². The Balaban J connectivity index is 2.25. The fourth-order valence-corrected chi connectivity index (χ4v) is 1.90. The molecular weight excluding hydrogens is 272 g/mol. The number of carbonyl (C=O) groups is 2. The maximum absolute atomic E-state index is 12.2. The summed E-state index contributed by atoms with van der Waals surface area (Å²) >= 11 is 0. The number of aryl methyl sites for hydroxylation is 1. The molecule has 108 valence electrons. The Labute approximate surface area is 120 Å². The second-order valence-corrected chi connectivity index (χ2v) is 4.56. The van der Waals surface area contributed by atoms with Crippen LogP contribution in [0.4, 0.5) is 11.4 Å². The number of rotatable bonds is 3. The van der Waals surface area contributed by atoms with Crippen molar-refractivity contribution in [3.63, 3.8) is 0 Å². The highest BCUT2D eigenvalue weighted by molar-refractivity contribution is 6.07. The Morgan fingerprint density at radius 1 is 1.14 bits per heavy atom. The zero-order chi connectivity index (χ0) is 15.6. The van der Waals surface area contributed by atoms with Crippen molar-refractivity contribution in [2.24, 2.45) is 0 Å². The highest BCUT2D eigenvalue weighted by Gasteiger charge is 2.12. The van der Waals surface area contributed by atoms with E-state index in [1.165, 1.54) is 36.4 Å². The molecule has 0 unspecified atom stereocenters. The summed E-state index contributed by atoms with van der Waals surface area (Å²) in [6.45, 7) is 1.70. The number of hydrogen-bond donors (Lipinski definition) is 4. The molecule has 2 aromatic carbocycles. The van der Waals surface area contributed by atoms with E-state index in [9.17, 15) is 14.7 Å². The van der Waals surface area contributed by atoms with Gasteiger partial charge in [0.2, 0.25) is 0 Å². The molecule has 0 aromatic heterocycles. The molecule has 0 saturated heterocycles. The molecule has 0 atom stereocenters. The summed E-state index contributed by atoms with van der Waals surface area (Å²) in [6.07, 6.45) is 0. The fraction of sp³-hybridized carbons (Fsp3) is 0.0667. The van der Waals surface area contributed by atoms with Gasteiger partial charge in [0.15, 0.2) is 0 Å². The van der Waals surface area contributed by atoms with Crippen LogP contribution in [0, 0.1) is 6.92 Å². The maximum Gasteiger partial charge on any atom is 0.335 e. The topological polar surface area (TPSA) is 113 Å². The third-order valence-corrected chi connectivity index (χ3v) is 3.00. The van der Waals surface area contributed by atoms with Crippen LogP contribution in [-0.4, -0.2) is 22.1 Å². The number of aromatic carboxylic acids is 1. The molecule has 6 heteroatoms. The number of aromatic hydroxyl groups is 1. The first-order chi connectivity index (χ1) is 9.88. The lowest BCUT2D eigenvalue weighted by molar-refractivity contribution is 0.0696. The van der Waals surface area contributed by atoms with Crippen LogP contribution >= 0.6 is 0 Å². The van der Waals surface area contributed by atoms with Crippen molar-refractivity contribution in [2.45, 2.75) is 6.92 Å². The van der Waals surface area contributed by atoms with Gasteiger partial charge < -0.3 is 21.3 Å². The van der Waals surface area contributed by atoms with Gasteiger partial charge >= 0.3 is 5.97 Å². The number of carboxylic acid groups (broad SMARTS) is 1. The number of nitrogen functional groups attached to an aromatic ring is 1. The quantitative estimate of drug-likeness (QED) is 0.646. The number of anilines is 2. The molecular formula is C15H14N2O4. The molecule has 21 heavy (non-hydrogen) atoms. The van der Waals surface area contributed by atoms with Crippen LogP contribution in [0.3, 0.4) is 0 Å². The average Bonchev–Trinajstić information content (AvgIpc) is 2.40. The van der Waals surface area contributed by atoms with E-state index in [1.54, 1.807) is 6.92 Å². The third kappa shape index (κ3) is 3.11. The van der Waals surface area contributed by atoms with Gasteiger partial charge in [-0.15, -0.1) is 0 Å². The van der Waals surface area contributed by atoms with Crippen molar-refractivity contribution >= 4 is 23.3 Å². The summed E-state index contributed by atoms with van der Waals surface area (Å²) in [5.74, 6) is -1.40. The molecule has 5 N–H and O–H groups in total. The smallest absolute Gasteiger partial charge is 0.335 e. The van der Waals surface area contributed by atoms with Crippen LogP contribution in [-0.2, 0) is 0 Å². The van der Waals surface area contributed by atoms with Crippen LogP contribution < -0.4 is 11.1 Å². The van der Waals surface area contributed by atoms with Crippen LogP contribution in [0.25, 0.3) is 0 Å². The molecule has 6 nitrogen and oxygen atoms in total. The zero-order valence-corrected chi connectivity index (χ0v) is 11.3. The highest BCUT2D eigenvalue weighted by atomic mass is 16.4. The number of phenolic OH excluding ortho intramolecular Hbond substituents is 1. The largest absolute Gasteiger partial charge is 0.508 e. The molecule has 0 aliphatic rings. The van der Waals surface area contributed by atoms with Crippen LogP contribution in [0.15, 0.2) is 36.4 Å². The summed E-state index contributed by atoms with van der Waals surface area (Å²) in [4.78, 5) is 23.0. The van der Waals surface area contributed by atoms with E-state index in [-0.39, 0.29) is 22.9 Å². The molecule has 2 aromatic rings. The van der Waals surface area contributed by atoms with Crippen molar-refractivity contribution in [3.05, 3.63) is 53.1 Å². The summed E-state index contributed by atoms with van der Waals surface area (Å²) < 4.78 is 0. The van der Waals surface area contributed by atoms with E-state index >= 15 is 0 Å². The Bertz CT molecular complexity index is 726. The second-order valence-electron chi connectivity index (χ2n) is 4.56. The summed E-state index contributed by atoms with van der Waals surface area (Å²) in [7, 11) is 0. The van der Waals surface area contributed by atoms with Crippen molar-refractivity contribution < 1.29 is 19.8 Å². The Morgan fingerprint density at radius 3 is 2.43 bits per heavy atom. The minimum Gasteiger partial charge on any atom is -0.508 e. The van der Waals surface area contributed by atoms with E-state index in [4.69, 9.17) is 10.8 Å². The fourth-order valence-electron chi connectivity index (χ4n) is 1.90. The van der Waals surface area contributed by atoms with Crippen molar-refractivity contribution in [1.29, 1.82) is 0 Å². The predicted molar refractivity (Wildman–Crippen MR) is 78.6 cm³/mol. The van der Waals surface area contributed by atoms with Gasteiger partial charge in [-0.1, -0.05) is 0 Å². The predicted octanol–water partition coefficient (Wildman–Crippen LogP) is 2.23. The number of carboxylic acids is 1. The first kappa shape index (κ1) is 14.4. The van der Waals surface area contributed by atoms with Gasteiger partial charge in [0, 0.05) is 5.56 Å². The monoisotopic (exact) mass is 286 g/mol. The van der Waals surface area contributed by atoms with E-state index in [0.717, 1.165) is 0 Å². The highest BCUT2D eigenvalue weighted by Crippen LogP contribution is 2.22. The van der Waals surface area contributed by atoms with Crippen LogP contribution in [0.1, 0.15) is 26.3 Å². The zero-order valence-electron chi connectivity index (χ0n) is 11.3. The molecule has 0 aliphatic heterocycles. The third-order valence-electron chi connectivity index (χ3n) is 3.00. The van der Waals surface area contributed by atoms with E-state index < -0.39 is 5.97 Å². The SMILES string of the molecule is Cc1cc(O)ccc1C(=O)Nc1ccc(C(=O)O)cc1N. The van der Waals surface area contributed by atoms with E-state index in [1.807, 2.05) is 0 Å². The number of amides is 1. The lowest BCUT2D eigenvalue weighted by atomic mass is 10.1. The minimum absolute atomic E-state index is 0.0475. The molecule has 0 spiro atoms. The number of phenols is 1. The number of hydrogen-bond acceptors (Lipinski definition) is 4. The molecule has 2 rings (SSSR count). The second kappa shape index (κ2) is 5.54. The molecule has 0 fully saturated rings. The summed E-state index contributed by atoms with van der Waals surface area (Å²) in [5.41, 5.74) is 7.29. The van der Waals surface area contributed by atoms with Gasteiger partial charge in [-0.2, -0.15) is 0 Å². The number of nitrogens with two attached hydrogens (primary N) is 1. The standard InChI is InChI=1S/C15H14N2O4/c1-8-6-10(18)3-4-11(8)14(19)17-13-5-2-9(15(20)21)7-12(13)16/h2-7,18H,16H2,1H3,(H,17,19)(H,20,21). The first-order valence-corrected chi connectivity index (χ1v) is 6.12.